The number of phenols is 1. The van der Waals surface area contributed by atoms with Gasteiger partial charge < -0.3 is 20.1 Å². The number of piperidine rings is 2. The summed E-state index contributed by atoms with van der Waals surface area (Å²) in [4.78, 5) is 9.81. The predicted octanol–water partition coefficient (Wildman–Crippen LogP) is 3.51. The summed E-state index contributed by atoms with van der Waals surface area (Å²) in [6.45, 7) is 0. The molecule has 2 N–H and O–H groups in total. The monoisotopic (exact) mass is 468 g/mol. The van der Waals surface area contributed by atoms with E-state index < -0.39 is 12.1 Å². The van der Waals surface area contributed by atoms with E-state index in [1.807, 2.05) is 11.9 Å². The number of nitrogens with one attached hydrogen (secondary N) is 1. The number of aromatic hydroxyl groups is 1. The quantitative estimate of drug-likeness (QED) is 0.550. The molecule has 5 rings (SSSR count). The molecule has 0 amide bonds. The number of phenolic OH excluding ortho intramolecular Hbond substituents is 1. The zero-order chi connectivity index (χ0) is 23.8. The van der Waals surface area contributed by atoms with Gasteiger partial charge in [0.25, 0.3) is 0 Å². The van der Waals surface area contributed by atoms with Crippen molar-refractivity contribution in [3.05, 3.63) is 42.5 Å². The summed E-state index contributed by atoms with van der Waals surface area (Å²) in [6.07, 6.45) is 4.23. The average molecular weight is 469 g/mol. The van der Waals surface area contributed by atoms with Crippen LogP contribution in [0.3, 0.4) is 0 Å². The van der Waals surface area contributed by atoms with Gasteiger partial charge in [-0.05, 0) is 42.5 Å². The number of methoxy groups -OCH3 is 1. The highest BCUT2D eigenvalue weighted by atomic mass is 19.1. The van der Waals surface area contributed by atoms with Gasteiger partial charge in [0, 0.05) is 31.3 Å². The maximum Gasteiger partial charge on any atom is 0.216 e. The Balaban J connectivity index is 1.36. The van der Waals surface area contributed by atoms with Crippen molar-refractivity contribution in [1.29, 1.82) is 0 Å². The molecule has 4 heterocycles. The number of ether oxygens (including phenoxy) is 1. The molecular weight excluding hydrogens is 442 g/mol. The van der Waals surface area contributed by atoms with E-state index in [0.29, 0.717) is 35.0 Å². The molecule has 0 saturated carbocycles. The van der Waals surface area contributed by atoms with Crippen molar-refractivity contribution in [1.82, 2.24) is 25.5 Å². The summed E-state index contributed by atoms with van der Waals surface area (Å²) >= 11 is 0. The second kappa shape index (κ2) is 9.09. The lowest BCUT2D eigenvalue weighted by Crippen LogP contribution is -2.61. The van der Waals surface area contributed by atoms with Gasteiger partial charge >= 0.3 is 0 Å². The molecule has 2 saturated heterocycles. The van der Waals surface area contributed by atoms with Crippen molar-refractivity contribution in [2.75, 3.05) is 19.1 Å². The van der Waals surface area contributed by atoms with Gasteiger partial charge in [-0.1, -0.05) is 12.5 Å². The van der Waals surface area contributed by atoms with Crippen LogP contribution in [0.4, 0.5) is 14.6 Å². The summed E-state index contributed by atoms with van der Waals surface area (Å²) in [5.74, 6) is 0.0915. The minimum absolute atomic E-state index is 0.0772. The third-order valence-corrected chi connectivity index (χ3v) is 6.76. The van der Waals surface area contributed by atoms with Crippen LogP contribution in [0.1, 0.15) is 25.7 Å². The average Bonchev–Trinajstić information content (AvgIpc) is 2.85. The Morgan fingerprint density at radius 2 is 2.00 bits per heavy atom. The molecule has 2 bridgehead atoms. The van der Waals surface area contributed by atoms with Crippen LogP contribution in [0.25, 0.3) is 22.5 Å². The summed E-state index contributed by atoms with van der Waals surface area (Å²) in [6, 6.07) is 7.60. The van der Waals surface area contributed by atoms with Crippen molar-refractivity contribution in [3.8, 4) is 34.1 Å². The lowest BCUT2D eigenvalue weighted by Gasteiger charge is -2.45. The van der Waals surface area contributed by atoms with Gasteiger partial charge in [0.2, 0.25) is 11.8 Å². The van der Waals surface area contributed by atoms with Gasteiger partial charge in [-0.3, -0.25) is 0 Å². The Labute approximate surface area is 196 Å². The van der Waals surface area contributed by atoms with Crippen LogP contribution < -0.4 is 15.0 Å². The number of aromatic nitrogens is 4. The highest BCUT2D eigenvalue weighted by Crippen LogP contribution is 2.34. The molecule has 2 aliphatic rings. The normalized spacial score (nSPS) is 24.0. The maximum absolute atomic E-state index is 15.1. The van der Waals surface area contributed by atoms with E-state index in [2.05, 4.69) is 25.5 Å². The number of halogens is 2. The van der Waals surface area contributed by atoms with E-state index in [1.165, 1.54) is 19.2 Å². The van der Waals surface area contributed by atoms with Crippen molar-refractivity contribution in [3.63, 3.8) is 0 Å². The van der Waals surface area contributed by atoms with Crippen molar-refractivity contribution in [2.45, 2.75) is 50.0 Å². The van der Waals surface area contributed by atoms with Gasteiger partial charge in [0.05, 0.1) is 24.9 Å². The lowest BCUT2D eigenvalue weighted by molar-refractivity contribution is 0.107. The topological polar surface area (TPSA) is 96.3 Å². The number of fused-ring (bicyclic) bond motifs is 2. The van der Waals surface area contributed by atoms with Crippen LogP contribution in [-0.2, 0) is 0 Å². The highest BCUT2D eigenvalue weighted by molar-refractivity contribution is 5.73. The fraction of sp³-hybridized carbons (Fsp3) is 0.417. The van der Waals surface area contributed by atoms with Crippen LogP contribution in [0.5, 0.6) is 11.6 Å². The molecule has 2 fully saturated rings. The molecule has 34 heavy (non-hydrogen) atoms. The number of benzene rings is 1. The SMILES string of the molecule is COc1cc(-c2ccc(-c3ncc(N(C)[C@H]4C[C@H]5CCC[C@H](N5)[C@H]4F)nn3)c(O)c2)cc(F)n1. The van der Waals surface area contributed by atoms with E-state index in [1.54, 1.807) is 24.4 Å². The number of anilines is 1. The van der Waals surface area contributed by atoms with Crippen LogP contribution in [0.15, 0.2) is 36.5 Å². The number of pyridine rings is 1. The Kier molecular flexibility index (Phi) is 5.99. The van der Waals surface area contributed by atoms with Crippen molar-refractivity contribution < 1.29 is 18.6 Å². The fourth-order valence-corrected chi connectivity index (χ4v) is 4.92. The van der Waals surface area contributed by atoms with Crippen LogP contribution >= 0.6 is 0 Å². The Morgan fingerprint density at radius 1 is 1.15 bits per heavy atom. The third kappa shape index (κ3) is 4.25. The predicted molar refractivity (Wildman–Crippen MR) is 123 cm³/mol. The minimum Gasteiger partial charge on any atom is -0.507 e. The molecule has 0 spiro atoms. The summed E-state index contributed by atoms with van der Waals surface area (Å²) < 4.78 is 33.8. The van der Waals surface area contributed by atoms with E-state index in [9.17, 15) is 9.50 Å². The number of nitrogens with zero attached hydrogens (tertiary/aromatic N) is 5. The summed E-state index contributed by atoms with van der Waals surface area (Å²) in [5, 5.41) is 22.4. The molecule has 8 nitrogen and oxygen atoms in total. The molecule has 0 aliphatic carbocycles. The third-order valence-electron chi connectivity index (χ3n) is 6.76. The van der Waals surface area contributed by atoms with Crippen LogP contribution in [0, 0.1) is 5.95 Å². The second-order valence-electron chi connectivity index (χ2n) is 8.85. The minimum atomic E-state index is -0.990. The van der Waals surface area contributed by atoms with E-state index >= 15 is 4.39 Å². The Bertz CT molecular complexity index is 1180. The molecular formula is C24H26F2N6O2. The largest absolute Gasteiger partial charge is 0.507 e. The summed E-state index contributed by atoms with van der Waals surface area (Å²) in [7, 11) is 3.22. The molecule has 4 atom stereocenters. The number of rotatable bonds is 5. The molecule has 178 valence electrons. The molecule has 10 heteroatoms. The van der Waals surface area contributed by atoms with Crippen LogP contribution in [-0.4, -0.2) is 63.7 Å². The smallest absolute Gasteiger partial charge is 0.216 e. The van der Waals surface area contributed by atoms with E-state index in [0.717, 1.165) is 19.3 Å². The van der Waals surface area contributed by atoms with Gasteiger partial charge in [-0.25, -0.2) is 9.37 Å². The second-order valence-corrected chi connectivity index (χ2v) is 8.85. The van der Waals surface area contributed by atoms with Gasteiger partial charge in [-0.15, -0.1) is 10.2 Å². The molecule has 0 unspecified atom stereocenters. The zero-order valence-electron chi connectivity index (χ0n) is 18.9. The maximum atomic E-state index is 15.1. The Hall–Kier alpha value is -3.40. The van der Waals surface area contributed by atoms with Gasteiger partial charge in [-0.2, -0.15) is 9.37 Å². The fourth-order valence-electron chi connectivity index (χ4n) is 4.92. The Morgan fingerprint density at radius 3 is 2.74 bits per heavy atom. The standard InChI is InChI=1S/C24H26F2N6O2/c1-32(18-11-15-4-3-5-17(28-15)23(18)26)21-12-27-24(31-30-21)16-7-6-13(8-19(16)33)14-9-20(25)29-22(10-14)34-2/h6-10,12,15,17-18,23,28,33H,3-5,11H2,1-2H3/t15-,17+,18+,23-/m1/s1. The summed E-state index contributed by atoms with van der Waals surface area (Å²) in [5.41, 5.74) is 1.47. The van der Waals surface area contributed by atoms with Crippen LogP contribution in [0.2, 0.25) is 0 Å². The first-order valence-electron chi connectivity index (χ1n) is 11.3. The van der Waals surface area contributed by atoms with E-state index in [-0.39, 0.29) is 29.5 Å². The molecule has 2 aliphatic heterocycles. The number of hydrogen-bond donors (Lipinski definition) is 2. The van der Waals surface area contributed by atoms with E-state index in [4.69, 9.17) is 4.74 Å². The molecule has 3 aromatic rings. The van der Waals surface area contributed by atoms with Gasteiger partial charge in [0.15, 0.2) is 11.6 Å². The molecule has 0 radical (unpaired) electrons. The number of alkyl halides is 1. The zero-order valence-corrected chi connectivity index (χ0v) is 18.9. The highest BCUT2D eigenvalue weighted by Gasteiger charge is 2.42. The lowest BCUT2D eigenvalue weighted by atomic mass is 9.82. The van der Waals surface area contributed by atoms with Crippen molar-refractivity contribution >= 4 is 5.82 Å². The first-order chi connectivity index (χ1) is 16.4. The van der Waals surface area contributed by atoms with Gasteiger partial charge in [0.1, 0.15) is 11.9 Å². The molecule has 1 aromatic carbocycles. The first-order valence-corrected chi connectivity index (χ1v) is 11.3. The number of hydrogen-bond acceptors (Lipinski definition) is 8. The molecule has 2 aromatic heterocycles. The van der Waals surface area contributed by atoms with Crippen molar-refractivity contribution in [2.24, 2.45) is 0 Å². The first kappa shape index (κ1) is 22.4.